The van der Waals surface area contributed by atoms with Gasteiger partial charge in [0.2, 0.25) is 11.8 Å². The maximum absolute atomic E-state index is 11.3. The zero-order valence-electron chi connectivity index (χ0n) is 9.87. The van der Waals surface area contributed by atoms with E-state index in [9.17, 15) is 9.59 Å². The molecule has 1 heterocycles. The van der Waals surface area contributed by atoms with Gasteiger partial charge in [-0.25, -0.2) is 0 Å². The summed E-state index contributed by atoms with van der Waals surface area (Å²) < 4.78 is 0. The van der Waals surface area contributed by atoms with Crippen LogP contribution in [-0.2, 0) is 9.59 Å². The lowest BCUT2D eigenvalue weighted by Gasteiger charge is -2.14. The van der Waals surface area contributed by atoms with E-state index in [1.54, 1.807) is 11.0 Å². The first-order valence-corrected chi connectivity index (χ1v) is 5.96. The van der Waals surface area contributed by atoms with E-state index in [0.717, 1.165) is 25.8 Å². The molecule has 1 N–H and O–H groups in total. The van der Waals surface area contributed by atoms with Gasteiger partial charge in [-0.3, -0.25) is 9.59 Å². The molecule has 0 atom stereocenters. The van der Waals surface area contributed by atoms with Gasteiger partial charge in [-0.15, -0.1) is 0 Å². The second-order valence-electron chi connectivity index (χ2n) is 3.99. The van der Waals surface area contributed by atoms with Crippen LogP contribution >= 0.6 is 0 Å². The molecular formula is C12H20N2O2. The molecule has 4 heteroatoms. The highest BCUT2D eigenvalue weighted by Gasteiger charge is 2.13. The number of amides is 2. The fourth-order valence-corrected chi connectivity index (χ4v) is 1.60. The molecular weight excluding hydrogens is 204 g/mol. The number of unbranched alkanes of at least 4 members (excludes halogenated alkanes) is 1. The van der Waals surface area contributed by atoms with Crippen molar-refractivity contribution in [2.45, 2.75) is 32.6 Å². The Morgan fingerprint density at radius 1 is 1.50 bits per heavy atom. The summed E-state index contributed by atoms with van der Waals surface area (Å²) in [7, 11) is 0. The van der Waals surface area contributed by atoms with Gasteiger partial charge in [0.15, 0.2) is 0 Å². The van der Waals surface area contributed by atoms with Gasteiger partial charge in [-0.1, -0.05) is 19.4 Å². The van der Waals surface area contributed by atoms with Crippen molar-refractivity contribution in [2.75, 3.05) is 19.6 Å². The van der Waals surface area contributed by atoms with Crippen LogP contribution in [0.15, 0.2) is 12.2 Å². The van der Waals surface area contributed by atoms with Gasteiger partial charge in [0.25, 0.3) is 0 Å². The standard InChI is InChI=1S/C12H20N2O2/c1-2-3-8-13-11(15)6-4-9-14-10-5-7-12(14)16/h5,7H,2-4,6,8-10H2,1H3,(H,13,15). The molecule has 0 bridgehead atoms. The van der Waals surface area contributed by atoms with Crippen molar-refractivity contribution in [1.29, 1.82) is 0 Å². The Bertz CT molecular complexity index is 274. The van der Waals surface area contributed by atoms with Gasteiger partial charge in [0.1, 0.15) is 0 Å². The number of nitrogens with zero attached hydrogens (tertiary/aromatic N) is 1. The highest BCUT2D eigenvalue weighted by Crippen LogP contribution is 2.03. The molecule has 4 nitrogen and oxygen atoms in total. The third-order valence-corrected chi connectivity index (χ3v) is 2.58. The van der Waals surface area contributed by atoms with Gasteiger partial charge in [0, 0.05) is 32.1 Å². The Kier molecular flexibility index (Phi) is 5.61. The summed E-state index contributed by atoms with van der Waals surface area (Å²) in [5, 5.41) is 2.86. The van der Waals surface area contributed by atoms with Crippen molar-refractivity contribution in [2.24, 2.45) is 0 Å². The number of rotatable bonds is 7. The van der Waals surface area contributed by atoms with Crippen LogP contribution in [-0.4, -0.2) is 36.3 Å². The Balaban J connectivity index is 2.02. The largest absolute Gasteiger partial charge is 0.356 e. The van der Waals surface area contributed by atoms with Gasteiger partial charge in [-0.05, 0) is 12.8 Å². The molecule has 0 aromatic carbocycles. The summed E-state index contributed by atoms with van der Waals surface area (Å²) in [6.45, 7) is 4.22. The molecule has 0 aromatic heterocycles. The van der Waals surface area contributed by atoms with Crippen molar-refractivity contribution >= 4 is 11.8 Å². The first kappa shape index (κ1) is 12.7. The molecule has 0 unspecified atom stereocenters. The van der Waals surface area contributed by atoms with E-state index >= 15 is 0 Å². The van der Waals surface area contributed by atoms with Crippen LogP contribution in [0.5, 0.6) is 0 Å². The van der Waals surface area contributed by atoms with Crippen molar-refractivity contribution in [3.8, 4) is 0 Å². The van der Waals surface area contributed by atoms with Gasteiger partial charge >= 0.3 is 0 Å². The molecule has 90 valence electrons. The average Bonchev–Trinajstić information content (AvgIpc) is 2.65. The second-order valence-corrected chi connectivity index (χ2v) is 3.99. The van der Waals surface area contributed by atoms with E-state index in [0.29, 0.717) is 19.5 Å². The summed E-state index contributed by atoms with van der Waals surface area (Å²) in [4.78, 5) is 24.3. The minimum absolute atomic E-state index is 0.0615. The van der Waals surface area contributed by atoms with Crippen LogP contribution in [0.3, 0.4) is 0 Å². The lowest BCUT2D eigenvalue weighted by atomic mass is 10.2. The molecule has 0 aliphatic carbocycles. The van der Waals surface area contributed by atoms with Crippen LogP contribution in [0, 0.1) is 0 Å². The van der Waals surface area contributed by atoms with Crippen molar-refractivity contribution in [3.63, 3.8) is 0 Å². The van der Waals surface area contributed by atoms with E-state index in [-0.39, 0.29) is 11.8 Å². The molecule has 1 rings (SSSR count). The van der Waals surface area contributed by atoms with E-state index in [4.69, 9.17) is 0 Å². The Hall–Kier alpha value is -1.32. The molecule has 0 spiro atoms. The number of hydrogen-bond acceptors (Lipinski definition) is 2. The summed E-state index contributed by atoms with van der Waals surface area (Å²) in [5.41, 5.74) is 0. The lowest BCUT2D eigenvalue weighted by Crippen LogP contribution is -2.29. The zero-order valence-corrected chi connectivity index (χ0v) is 9.87. The molecule has 0 saturated heterocycles. The third kappa shape index (κ3) is 4.47. The smallest absolute Gasteiger partial charge is 0.246 e. The van der Waals surface area contributed by atoms with Crippen LogP contribution in [0.1, 0.15) is 32.6 Å². The van der Waals surface area contributed by atoms with E-state index < -0.39 is 0 Å². The van der Waals surface area contributed by atoms with Gasteiger partial charge in [-0.2, -0.15) is 0 Å². The fraction of sp³-hybridized carbons (Fsp3) is 0.667. The monoisotopic (exact) mass is 224 g/mol. The van der Waals surface area contributed by atoms with Crippen molar-refractivity contribution in [1.82, 2.24) is 10.2 Å². The minimum atomic E-state index is 0.0615. The number of hydrogen-bond donors (Lipinski definition) is 1. The van der Waals surface area contributed by atoms with Gasteiger partial charge < -0.3 is 10.2 Å². The van der Waals surface area contributed by atoms with E-state index in [1.807, 2.05) is 6.08 Å². The van der Waals surface area contributed by atoms with Gasteiger partial charge in [0.05, 0.1) is 0 Å². The highest BCUT2D eigenvalue weighted by atomic mass is 16.2. The summed E-state index contributed by atoms with van der Waals surface area (Å²) in [5.74, 6) is 0.152. The lowest BCUT2D eigenvalue weighted by molar-refractivity contribution is -0.125. The molecule has 1 aliphatic rings. The van der Waals surface area contributed by atoms with Crippen LogP contribution < -0.4 is 5.32 Å². The SMILES string of the molecule is CCCCNC(=O)CCCN1CC=CC1=O. The average molecular weight is 224 g/mol. The first-order valence-electron chi connectivity index (χ1n) is 5.96. The first-order chi connectivity index (χ1) is 7.74. The Labute approximate surface area is 96.7 Å². The van der Waals surface area contributed by atoms with Crippen LogP contribution in [0.2, 0.25) is 0 Å². The Morgan fingerprint density at radius 2 is 2.31 bits per heavy atom. The third-order valence-electron chi connectivity index (χ3n) is 2.58. The number of carbonyl (C=O) groups excluding carboxylic acids is 2. The number of nitrogens with one attached hydrogen (secondary N) is 1. The Morgan fingerprint density at radius 3 is 2.94 bits per heavy atom. The minimum Gasteiger partial charge on any atom is -0.356 e. The highest BCUT2D eigenvalue weighted by molar-refractivity contribution is 5.89. The zero-order chi connectivity index (χ0) is 11.8. The molecule has 0 saturated carbocycles. The molecule has 0 radical (unpaired) electrons. The number of carbonyl (C=O) groups is 2. The molecule has 16 heavy (non-hydrogen) atoms. The fourth-order valence-electron chi connectivity index (χ4n) is 1.60. The molecule has 0 aromatic rings. The second kappa shape index (κ2) is 7.04. The predicted molar refractivity (Wildman–Crippen MR) is 62.9 cm³/mol. The molecule has 2 amide bonds. The van der Waals surface area contributed by atoms with Crippen molar-refractivity contribution < 1.29 is 9.59 Å². The normalized spacial score (nSPS) is 14.6. The van der Waals surface area contributed by atoms with E-state index in [2.05, 4.69) is 12.2 Å². The van der Waals surface area contributed by atoms with Crippen LogP contribution in [0.25, 0.3) is 0 Å². The maximum Gasteiger partial charge on any atom is 0.246 e. The molecule has 1 aliphatic heterocycles. The van der Waals surface area contributed by atoms with Crippen LogP contribution in [0.4, 0.5) is 0 Å². The molecule has 0 fully saturated rings. The quantitative estimate of drug-likeness (QED) is 0.658. The summed E-state index contributed by atoms with van der Waals surface area (Å²) >= 11 is 0. The summed E-state index contributed by atoms with van der Waals surface area (Å²) in [6.07, 6.45) is 6.80. The summed E-state index contributed by atoms with van der Waals surface area (Å²) in [6, 6.07) is 0. The predicted octanol–water partition coefficient (Wildman–Crippen LogP) is 1.08. The van der Waals surface area contributed by atoms with Crippen molar-refractivity contribution in [3.05, 3.63) is 12.2 Å². The van der Waals surface area contributed by atoms with E-state index in [1.165, 1.54) is 0 Å². The topological polar surface area (TPSA) is 49.4 Å². The maximum atomic E-state index is 11.3.